The van der Waals surface area contributed by atoms with E-state index in [4.69, 9.17) is 11.5 Å². The Balaban J connectivity index is 2.28. The molecule has 0 radical (unpaired) electrons. The van der Waals surface area contributed by atoms with E-state index in [9.17, 15) is 18.4 Å². The van der Waals surface area contributed by atoms with Crippen LogP contribution in [0.15, 0.2) is 36.4 Å². The van der Waals surface area contributed by atoms with Gasteiger partial charge in [-0.1, -0.05) is 0 Å². The number of nitrogens with one attached hydrogen (secondary N) is 1. The van der Waals surface area contributed by atoms with Crippen molar-refractivity contribution in [3.63, 3.8) is 0 Å². The van der Waals surface area contributed by atoms with Crippen LogP contribution < -0.4 is 16.8 Å². The molecule has 2 amide bonds. The largest absolute Gasteiger partial charge is 0.396 e. The number of carbonyl (C=O) groups excluding carboxylic acids is 2. The molecule has 0 saturated heterocycles. The Kier molecular flexibility index (Phi) is 3.84. The molecule has 2 rings (SSSR count). The number of nitrogen functional groups attached to an aromatic ring is 1. The Labute approximate surface area is 118 Å². The third kappa shape index (κ3) is 3.14. The Morgan fingerprint density at radius 3 is 2.24 bits per heavy atom. The minimum Gasteiger partial charge on any atom is -0.396 e. The summed E-state index contributed by atoms with van der Waals surface area (Å²) in [4.78, 5) is 22.9. The zero-order valence-electron chi connectivity index (χ0n) is 10.7. The number of amides is 2. The van der Waals surface area contributed by atoms with E-state index in [1.807, 2.05) is 0 Å². The van der Waals surface area contributed by atoms with Crippen LogP contribution in [0.4, 0.5) is 20.2 Å². The summed E-state index contributed by atoms with van der Waals surface area (Å²) < 4.78 is 26.9. The number of hydrogen-bond donors (Lipinski definition) is 3. The van der Waals surface area contributed by atoms with Crippen LogP contribution in [0.2, 0.25) is 0 Å². The Hall–Kier alpha value is -2.96. The molecule has 0 aliphatic heterocycles. The molecule has 0 atom stereocenters. The molecule has 0 aliphatic carbocycles. The highest BCUT2D eigenvalue weighted by atomic mass is 19.1. The van der Waals surface area contributed by atoms with E-state index in [-0.39, 0.29) is 22.5 Å². The van der Waals surface area contributed by atoms with Gasteiger partial charge >= 0.3 is 0 Å². The van der Waals surface area contributed by atoms with Crippen LogP contribution in [-0.4, -0.2) is 11.8 Å². The Morgan fingerprint density at radius 1 is 0.952 bits per heavy atom. The molecule has 0 heterocycles. The highest BCUT2D eigenvalue weighted by molar-refractivity contribution is 6.05. The molecule has 21 heavy (non-hydrogen) atoms. The van der Waals surface area contributed by atoms with E-state index in [0.717, 1.165) is 18.2 Å². The minimum atomic E-state index is -0.760. The van der Waals surface area contributed by atoms with E-state index in [0.29, 0.717) is 0 Å². The van der Waals surface area contributed by atoms with Crippen LogP contribution in [0.5, 0.6) is 0 Å². The van der Waals surface area contributed by atoms with E-state index in [1.54, 1.807) is 0 Å². The molecule has 0 unspecified atom stereocenters. The van der Waals surface area contributed by atoms with Gasteiger partial charge in [-0.25, -0.2) is 8.78 Å². The Morgan fingerprint density at radius 2 is 1.62 bits per heavy atom. The fourth-order valence-corrected chi connectivity index (χ4v) is 1.64. The van der Waals surface area contributed by atoms with Crippen molar-refractivity contribution in [1.29, 1.82) is 0 Å². The van der Waals surface area contributed by atoms with E-state index in [1.165, 1.54) is 18.2 Å². The van der Waals surface area contributed by atoms with Crippen molar-refractivity contribution >= 4 is 23.2 Å². The van der Waals surface area contributed by atoms with Gasteiger partial charge in [-0.05, 0) is 36.4 Å². The normalized spacial score (nSPS) is 10.2. The van der Waals surface area contributed by atoms with Crippen molar-refractivity contribution in [2.75, 3.05) is 11.1 Å². The molecule has 5 nitrogen and oxygen atoms in total. The molecule has 2 aromatic rings. The first kappa shape index (κ1) is 14.4. The average Bonchev–Trinajstić information content (AvgIpc) is 2.43. The van der Waals surface area contributed by atoms with Crippen LogP contribution >= 0.6 is 0 Å². The number of halogens is 2. The summed E-state index contributed by atoms with van der Waals surface area (Å²) in [5.74, 6) is -3.00. The lowest BCUT2D eigenvalue weighted by Crippen LogP contribution is -2.16. The maximum Gasteiger partial charge on any atom is 0.255 e. The number of rotatable bonds is 3. The van der Waals surface area contributed by atoms with Crippen molar-refractivity contribution in [3.05, 3.63) is 59.2 Å². The van der Waals surface area contributed by atoms with Crippen molar-refractivity contribution in [1.82, 2.24) is 0 Å². The second-order valence-electron chi connectivity index (χ2n) is 4.25. The van der Waals surface area contributed by atoms with Crippen LogP contribution in [0.25, 0.3) is 0 Å². The molecule has 0 bridgehead atoms. The molecule has 0 aliphatic rings. The number of benzene rings is 2. The van der Waals surface area contributed by atoms with Crippen molar-refractivity contribution in [2.45, 2.75) is 0 Å². The first-order valence-electron chi connectivity index (χ1n) is 5.84. The van der Waals surface area contributed by atoms with Crippen LogP contribution in [0, 0.1) is 11.6 Å². The standard InChI is InChI=1S/C14H11F2N3O2/c15-9-3-1-7(13(18)20)6-12(9)19-14(21)8-2-4-11(17)10(16)5-8/h1-6H,17H2,(H2,18,20)(H,19,21). The minimum absolute atomic E-state index is 0.0365. The zero-order chi connectivity index (χ0) is 15.6. The molecule has 108 valence electrons. The molecular weight excluding hydrogens is 280 g/mol. The lowest BCUT2D eigenvalue weighted by atomic mass is 10.1. The fourth-order valence-electron chi connectivity index (χ4n) is 1.64. The second-order valence-corrected chi connectivity index (χ2v) is 4.25. The van der Waals surface area contributed by atoms with E-state index in [2.05, 4.69) is 5.32 Å². The van der Waals surface area contributed by atoms with Gasteiger partial charge in [-0.3, -0.25) is 9.59 Å². The number of hydrogen-bond acceptors (Lipinski definition) is 3. The van der Waals surface area contributed by atoms with Crippen LogP contribution in [0.3, 0.4) is 0 Å². The summed E-state index contributed by atoms with van der Waals surface area (Å²) in [6.45, 7) is 0. The monoisotopic (exact) mass is 291 g/mol. The van der Waals surface area contributed by atoms with E-state index >= 15 is 0 Å². The van der Waals surface area contributed by atoms with Crippen LogP contribution in [0.1, 0.15) is 20.7 Å². The van der Waals surface area contributed by atoms with Gasteiger partial charge in [0.15, 0.2) is 0 Å². The van der Waals surface area contributed by atoms with Gasteiger partial charge in [0.05, 0.1) is 11.4 Å². The predicted molar refractivity (Wildman–Crippen MR) is 73.7 cm³/mol. The van der Waals surface area contributed by atoms with Gasteiger partial charge < -0.3 is 16.8 Å². The summed E-state index contributed by atoms with van der Waals surface area (Å²) in [5, 5.41) is 2.24. The smallest absolute Gasteiger partial charge is 0.255 e. The molecule has 7 heteroatoms. The number of carbonyl (C=O) groups is 2. The van der Waals surface area contributed by atoms with Crippen molar-refractivity contribution in [3.8, 4) is 0 Å². The summed E-state index contributed by atoms with van der Waals surface area (Å²) in [7, 11) is 0. The van der Waals surface area contributed by atoms with Gasteiger partial charge in [-0.2, -0.15) is 0 Å². The van der Waals surface area contributed by atoms with Gasteiger partial charge in [0.2, 0.25) is 5.91 Å². The molecule has 0 spiro atoms. The number of primary amides is 1. The van der Waals surface area contributed by atoms with Gasteiger partial charge in [-0.15, -0.1) is 0 Å². The number of anilines is 2. The second kappa shape index (κ2) is 5.58. The summed E-state index contributed by atoms with van der Waals surface area (Å²) in [6.07, 6.45) is 0. The van der Waals surface area contributed by atoms with E-state index < -0.39 is 23.4 Å². The first-order valence-corrected chi connectivity index (χ1v) is 5.84. The topological polar surface area (TPSA) is 98.2 Å². The molecule has 0 aromatic heterocycles. The lowest BCUT2D eigenvalue weighted by molar-refractivity contribution is 0.0996. The predicted octanol–water partition coefficient (Wildman–Crippen LogP) is 1.90. The molecule has 2 aromatic carbocycles. The lowest BCUT2D eigenvalue weighted by Gasteiger charge is -2.08. The van der Waals surface area contributed by atoms with Gasteiger partial charge in [0.1, 0.15) is 11.6 Å². The number of nitrogens with two attached hydrogens (primary N) is 2. The molecule has 0 fully saturated rings. The summed E-state index contributed by atoms with van der Waals surface area (Å²) in [6, 6.07) is 6.74. The maximum absolute atomic E-state index is 13.6. The highest BCUT2D eigenvalue weighted by Gasteiger charge is 2.13. The van der Waals surface area contributed by atoms with Crippen molar-refractivity contribution in [2.24, 2.45) is 5.73 Å². The fraction of sp³-hybridized carbons (Fsp3) is 0. The summed E-state index contributed by atoms with van der Waals surface area (Å²) in [5.41, 5.74) is 10.0. The third-order valence-electron chi connectivity index (χ3n) is 2.76. The quantitative estimate of drug-likeness (QED) is 0.753. The molecular formula is C14H11F2N3O2. The zero-order valence-corrected chi connectivity index (χ0v) is 10.7. The molecule has 5 N–H and O–H groups in total. The third-order valence-corrected chi connectivity index (χ3v) is 2.76. The van der Waals surface area contributed by atoms with Gasteiger partial charge in [0.25, 0.3) is 5.91 Å². The average molecular weight is 291 g/mol. The van der Waals surface area contributed by atoms with Crippen molar-refractivity contribution < 1.29 is 18.4 Å². The van der Waals surface area contributed by atoms with Crippen LogP contribution in [-0.2, 0) is 0 Å². The highest BCUT2D eigenvalue weighted by Crippen LogP contribution is 2.18. The molecule has 0 saturated carbocycles. The Bertz CT molecular complexity index is 732. The SMILES string of the molecule is NC(=O)c1ccc(F)c(NC(=O)c2ccc(N)c(F)c2)c1. The maximum atomic E-state index is 13.6. The first-order chi connectivity index (χ1) is 9.88. The summed E-state index contributed by atoms with van der Waals surface area (Å²) >= 11 is 0. The van der Waals surface area contributed by atoms with Gasteiger partial charge in [0, 0.05) is 11.1 Å².